The van der Waals surface area contributed by atoms with Crippen molar-refractivity contribution in [2.75, 3.05) is 0 Å². The third-order valence-electron chi connectivity index (χ3n) is 6.50. The molecule has 0 aliphatic carbocycles. The summed E-state index contributed by atoms with van der Waals surface area (Å²) in [6.45, 7) is 2.66. The number of hydrogen-bond donors (Lipinski definition) is 0. The number of aryl methyl sites for hydroxylation is 1. The van der Waals surface area contributed by atoms with Crippen molar-refractivity contribution in [2.45, 2.75) is 32.2 Å². The van der Waals surface area contributed by atoms with Gasteiger partial charge in [-0.05, 0) is 48.4 Å². The van der Waals surface area contributed by atoms with Crippen molar-refractivity contribution in [2.24, 2.45) is 5.10 Å². The molecule has 4 heteroatoms. The number of hydrazone groups is 1. The van der Waals surface area contributed by atoms with Crippen molar-refractivity contribution in [1.82, 2.24) is 5.01 Å². The predicted octanol–water partition coefficient (Wildman–Crippen LogP) is 6.82. The molecule has 2 atom stereocenters. The third-order valence-corrected chi connectivity index (χ3v) is 6.50. The highest BCUT2D eigenvalue weighted by atomic mass is 16.5. The van der Waals surface area contributed by atoms with E-state index in [1.54, 1.807) is 0 Å². The van der Waals surface area contributed by atoms with Crippen molar-refractivity contribution in [3.05, 3.63) is 131 Å². The molecule has 6 rings (SSSR count). The van der Waals surface area contributed by atoms with Crippen LogP contribution in [-0.4, -0.2) is 10.7 Å². The maximum absolute atomic E-state index is 6.48. The molecule has 168 valence electrons. The number of rotatable bonds is 5. The third kappa shape index (κ3) is 3.92. The van der Waals surface area contributed by atoms with Crippen LogP contribution in [0.2, 0.25) is 0 Å². The Morgan fingerprint density at radius 3 is 2.38 bits per heavy atom. The maximum atomic E-state index is 6.48. The summed E-state index contributed by atoms with van der Waals surface area (Å²) in [6.07, 6.45) is 0.573. The van der Waals surface area contributed by atoms with Crippen LogP contribution in [0.25, 0.3) is 0 Å². The first-order valence-electron chi connectivity index (χ1n) is 11.7. The van der Waals surface area contributed by atoms with Crippen LogP contribution in [0.4, 0.5) is 0 Å². The van der Waals surface area contributed by atoms with Gasteiger partial charge in [0.05, 0.1) is 11.8 Å². The Morgan fingerprint density at radius 2 is 1.59 bits per heavy atom. The highest BCUT2D eigenvalue weighted by molar-refractivity contribution is 6.02. The van der Waals surface area contributed by atoms with Gasteiger partial charge in [-0.1, -0.05) is 78.4 Å². The molecule has 2 heterocycles. The summed E-state index contributed by atoms with van der Waals surface area (Å²) < 4.78 is 12.5. The number of fused-ring (bicyclic) bond motifs is 3. The topological polar surface area (TPSA) is 34.1 Å². The molecule has 0 spiro atoms. The van der Waals surface area contributed by atoms with Gasteiger partial charge in [-0.15, -0.1) is 0 Å². The smallest absolute Gasteiger partial charge is 0.213 e. The van der Waals surface area contributed by atoms with Crippen molar-refractivity contribution < 1.29 is 9.47 Å². The normalized spacial score (nSPS) is 18.5. The second-order valence-electron chi connectivity index (χ2n) is 8.86. The maximum Gasteiger partial charge on any atom is 0.213 e. The van der Waals surface area contributed by atoms with Gasteiger partial charge in [-0.25, -0.2) is 5.01 Å². The molecule has 4 aromatic rings. The van der Waals surface area contributed by atoms with E-state index in [0.29, 0.717) is 6.61 Å². The van der Waals surface area contributed by atoms with Gasteiger partial charge in [0, 0.05) is 17.5 Å². The molecule has 0 saturated carbocycles. The lowest BCUT2D eigenvalue weighted by atomic mass is 9.95. The Hall–Kier alpha value is -4.05. The highest BCUT2D eigenvalue weighted by Gasteiger charge is 2.40. The standard InChI is InChI=1S/C30H26N2O2/c1-21-11-13-23(14-12-21)27-19-28-26-9-5-6-10-29(26)34-30(32(28)31-27)24-15-17-25(18-16-24)33-20-22-7-3-2-4-8-22/h2-18,28,30H,19-20H2,1H3/t28-,30+/m0/s1. The molecule has 0 bridgehead atoms. The van der Waals surface area contributed by atoms with E-state index in [4.69, 9.17) is 14.6 Å². The quantitative estimate of drug-likeness (QED) is 0.337. The molecule has 2 aliphatic rings. The van der Waals surface area contributed by atoms with Gasteiger partial charge in [0.1, 0.15) is 18.1 Å². The molecule has 4 aromatic carbocycles. The van der Waals surface area contributed by atoms with Crippen LogP contribution in [0.5, 0.6) is 11.5 Å². The Bertz CT molecular complexity index is 1310. The summed E-state index contributed by atoms with van der Waals surface area (Å²) >= 11 is 0. The van der Waals surface area contributed by atoms with E-state index in [0.717, 1.165) is 34.8 Å². The fourth-order valence-electron chi connectivity index (χ4n) is 4.64. The molecule has 0 radical (unpaired) electrons. The number of hydrogen-bond acceptors (Lipinski definition) is 4. The lowest BCUT2D eigenvalue weighted by Gasteiger charge is -2.38. The van der Waals surface area contributed by atoms with Gasteiger partial charge in [0.2, 0.25) is 6.23 Å². The van der Waals surface area contributed by atoms with Crippen molar-refractivity contribution in [3.63, 3.8) is 0 Å². The lowest BCUT2D eigenvalue weighted by molar-refractivity contribution is -0.0190. The Kier molecular flexibility index (Phi) is 5.27. The summed E-state index contributed by atoms with van der Waals surface area (Å²) in [4.78, 5) is 0. The van der Waals surface area contributed by atoms with Gasteiger partial charge in [0.15, 0.2) is 0 Å². The number of para-hydroxylation sites is 1. The van der Waals surface area contributed by atoms with Gasteiger partial charge in [-0.2, -0.15) is 5.10 Å². The van der Waals surface area contributed by atoms with Gasteiger partial charge < -0.3 is 9.47 Å². The lowest BCUT2D eigenvalue weighted by Crippen LogP contribution is -2.33. The number of benzene rings is 4. The summed E-state index contributed by atoms with van der Waals surface area (Å²) in [6, 6.07) is 35.5. The zero-order chi connectivity index (χ0) is 22.9. The number of ether oxygens (including phenoxy) is 2. The molecule has 0 amide bonds. The molecule has 0 N–H and O–H groups in total. The van der Waals surface area contributed by atoms with Gasteiger partial charge >= 0.3 is 0 Å². The van der Waals surface area contributed by atoms with Crippen LogP contribution in [0, 0.1) is 6.92 Å². The molecular formula is C30H26N2O2. The Labute approximate surface area is 200 Å². The molecule has 34 heavy (non-hydrogen) atoms. The predicted molar refractivity (Wildman–Crippen MR) is 134 cm³/mol. The van der Waals surface area contributed by atoms with Crippen LogP contribution >= 0.6 is 0 Å². The van der Waals surface area contributed by atoms with E-state index in [2.05, 4.69) is 78.7 Å². The molecule has 0 fully saturated rings. The van der Waals surface area contributed by atoms with Gasteiger partial charge in [0.25, 0.3) is 0 Å². The van der Waals surface area contributed by atoms with Crippen molar-refractivity contribution >= 4 is 5.71 Å². The first-order chi connectivity index (χ1) is 16.7. The van der Waals surface area contributed by atoms with Crippen LogP contribution < -0.4 is 9.47 Å². The molecule has 2 aliphatic heterocycles. The molecule has 4 nitrogen and oxygen atoms in total. The summed E-state index contributed by atoms with van der Waals surface area (Å²) in [5, 5.41) is 7.18. The first-order valence-corrected chi connectivity index (χ1v) is 11.7. The van der Waals surface area contributed by atoms with Crippen molar-refractivity contribution in [3.8, 4) is 11.5 Å². The second kappa shape index (κ2) is 8.71. The highest BCUT2D eigenvalue weighted by Crippen LogP contribution is 2.47. The fraction of sp³-hybridized carbons (Fsp3) is 0.167. The molecular weight excluding hydrogens is 420 g/mol. The van der Waals surface area contributed by atoms with Crippen LogP contribution in [0.1, 0.15) is 46.5 Å². The minimum Gasteiger partial charge on any atom is -0.489 e. The summed E-state index contributed by atoms with van der Waals surface area (Å²) in [7, 11) is 0. The van der Waals surface area contributed by atoms with Crippen molar-refractivity contribution in [1.29, 1.82) is 0 Å². The Morgan fingerprint density at radius 1 is 0.853 bits per heavy atom. The SMILES string of the molecule is Cc1ccc(C2=NN3[C@@H](c4ccc(OCc5ccccc5)cc4)Oc4ccccc4[C@@H]3C2)cc1. The van der Waals surface area contributed by atoms with E-state index in [1.165, 1.54) is 16.7 Å². The summed E-state index contributed by atoms with van der Waals surface area (Å²) in [5.41, 5.74) is 6.91. The first kappa shape index (κ1) is 20.5. The Balaban J connectivity index is 1.28. The largest absolute Gasteiger partial charge is 0.489 e. The minimum absolute atomic E-state index is 0.153. The van der Waals surface area contributed by atoms with E-state index < -0.39 is 0 Å². The molecule has 0 unspecified atom stereocenters. The number of nitrogens with zero attached hydrogens (tertiary/aromatic N) is 2. The molecule has 0 saturated heterocycles. The monoisotopic (exact) mass is 446 g/mol. The van der Waals surface area contributed by atoms with Gasteiger partial charge in [-0.3, -0.25) is 0 Å². The fourth-order valence-corrected chi connectivity index (χ4v) is 4.64. The zero-order valence-electron chi connectivity index (χ0n) is 19.1. The van der Waals surface area contributed by atoms with Crippen LogP contribution in [-0.2, 0) is 6.61 Å². The minimum atomic E-state index is -0.286. The average Bonchev–Trinajstić information content (AvgIpc) is 3.34. The van der Waals surface area contributed by atoms with E-state index in [1.807, 2.05) is 36.4 Å². The zero-order valence-corrected chi connectivity index (χ0v) is 19.1. The van der Waals surface area contributed by atoms with Crippen LogP contribution in [0.3, 0.4) is 0 Å². The van der Waals surface area contributed by atoms with Crippen LogP contribution in [0.15, 0.2) is 108 Å². The van der Waals surface area contributed by atoms with E-state index in [9.17, 15) is 0 Å². The van der Waals surface area contributed by atoms with E-state index in [-0.39, 0.29) is 12.3 Å². The summed E-state index contributed by atoms with van der Waals surface area (Å²) in [5.74, 6) is 1.77. The molecule has 0 aromatic heterocycles. The second-order valence-corrected chi connectivity index (χ2v) is 8.86. The average molecular weight is 447 g/mol. The van der Waals surface area contributed by atoms with E-state index >= 15 is 0 Å².